The van der Waals surface area contributed by atoms with Gasteiger partial charge in [0.05, 0.1) is 13.1 Å². The van der Waals surface area contributed by atoms with Crippen LogP contribution in [-0.4, -0.2) is 42.9 Å². The molecule has 2 saturated carbocycles. The fourth-order valence-corrected chi connectivity index (χ4v) is 4.76. The molecule has 3 rings (SSSR count). The maximum absolute atomic E-state index is 12.6. The Kier molecular flexibility index (Phi) is 7.49. The van der Waals surface area contributed by atoms with Gasteiger partial charge in [-0.2, -0.15) is 0 Å². The van der Waals surface area contributed by atoms with E-state index >= 15 is 0 Å². The first-order chi connectivity index (χ1) is 13.6. The van der Waals surface area contributed by atoms with Crippen LogP contribution < -0.4 is 11.1 Å². The van der Waals surface area contributed by atoms with Gasteiger partial charge in [0, 0.05) is 12.0 Å². The first-order valence-electron chi connectivity index (χ1n) is 10.9. The minimum absolute atomic E-state index is 0.00731. The van der Waals surface area contributed by atoms with Crippen molar-refractivity contribution < 1.29 is 9.59 Å². The van der Waals surface area contributed by atoms with Crippen LogP contribution in [0.4, 0.5) is 0 Å². The van der Waals surface area contributed by atoms with E-state index in [1.807, 2.05) is 11.0 Å². The molecule has 3 N–H and O–H groups in total. The molecule has 0 aliphatic heterocycles. The van der Waals surface area contributed by atoms with Crippen LogP contribution in [-0.2, 0) is 15.0 Å². The molecule has 5 nitrogen and oxygen atoms in total. The zero-order chi connectivity index (χ0) is 19.8. The molecular formula is C23H35N3O2. The van der Waals surface area contributed by atoms with Crippen LogP contribution in [0.25, 0.3) is 0 Å². The molecule has 2 amide bonds. The van der Waals surface area contributed by atoms with Gasteiger partial charge in [0.2, 0.25) is 11.8 Å². The Labute approximate surface area is 169 Å². The highest BCUT2D eigenvalue weighted by atomic mass is 16.2. The Morgan fingerprint density at radius 2 is 1.75 bits per heavy atom. The summed E-state index contributed by atoms with van der Waals surface area (Å²) in [5, 5.41) is 3.13. The number of primary amides is 1. The van der Waals surface area contributed by atoms with Gasteiger partial charge in [0.25, 0.3) is 0 Å². The van der Waals surface area contributed by atoms with Crippen molar-refractivity contribution in [3.05, 3.63) is 35.9 Å². The molecule has 2 aliphatic rings. The average Bonchev–Trinajstić information content (AvgIpc) is 2.66. The van der Waals surface area contributed by atoms with Crippen LogP contribution >= 0.6 is 0 Å². The highest BCUT2D eigenvalue weighted by Gasteiger charge is 2.38. The van der Waals surface area contributed by atoms with Crippen LogP contribution in [0.2, 0.25) is 0 Å². The quantitative estimate of drug-likeness (QED) is 0.650. The summed E-state index contributed by atoms with van der Waals surface area (Å²) in [5.41, 5.74) is 6.81. The Balaban J connectivity index is 1.49. The van der Waals surface area contributed by atoms with Crippen molar-refractivity contribution in [1.29, 1.82) is 0 Å². The number of nitrogens with one attached hydrogen (secondary N) is 1. The molecule has 0 bridgehead atoms. The SMILES string of the molecule is NC(=O)CN(CCC1CCCCC1)CC(=O)NCC1(c2ccccc2)CCC1. The van der Waals surface area contributed by atoms with E-state index < -0.39 is 0 Å². The van der Waals surface area contributed by atoms with Crippen LogP contribution in [0, 0.1) is 5.92 Å². The smallest absolute Gasteiger partial charge is 0.234 e. The number of amides is 2. The molecule has 0 radical (unpaired) electrons. The van der Waals surface area contributed by atoms with Gasteiger partial charge in [0.1, 0.15) is 0 Å². The number of carbonyl (C=O) groups is 2. The number of hydrogen-bond acceptors (Lipinski definition) is 3. The summed E-state index contributed by atoms with van der Waals surface area (Å²) in [6.07, 6.45) is 11.0. The summed E-state index contributed by atoms with van der Waals surface area (Å²) >= 11 is 0. The second kappa shape index (κ2) is 10.1. The third kappa shape index (κ3) is 5.81. The Morgan fingerprint density at radius 3 is 2.36 bits per heavy atom. The normalized spacial score (nSPS) is 19.2. The number of nitrogens with zero attached hydrogens (tertiary/aromatic N) is 1. The molecular weight excluding hydrogens is 350 g/mol. The molecule has 0 spiro atoms. The van der Waals surface area contributed by atoms with Crippen molar-refractivity contribution in [3.8, 4) is 0 Å². The topological polar surface area (TPSA) is 75.4 Å². The summed E-state index contributed by atoms with van der Waals surface area (Å²) in [6, 6.07) is 10.5. The zero-order valence-electron chi connectivity index (χ0n) is 17.0. The van der Waals surface area contributed by atoms with Crippen molar-refractivity contribution in [2.45, 2.75) is 63.2 Å². The molecule has 0 unspecified atom stereocenters. The van der Waals surface area contributed by atoms with Gasteiger partial charge in [0.15, 0.2) is 0 Å². The van der Waals surface area contributed by atoms with E-state index in [9.17, 15) is 9.59 Å². The highest BCUT2D eigenvalue weighted by molar-refractivity contribution is 5.80. The van der Waals surface area contributed by atoms with E-state index in [4.69, 9.17) is 5.73 Å². The standard InChI is InChI=1S/C23H35N3O2/c24-21(27)16-26(15-12-19-8-3-1-4-9-19)17-22(28)25-18-23(13-7-14-23)20-10-5-2-6-11-20/h2,5-6,10-11,19H,1,3-4,7-9,12-18H2,(H2,24,27)(H,25,28). The molecule has 2 aliphatic carbocycles. The van der Waals surface area contributed by atoms with Gasteiger partial charge in [-0.1, -0.05) is 68.9 Å². The Bertz CT molecular complexity index is 637. The summed E-state index contributed by atoms with van der Waals surface area (Å²) in [7, 11) is 0. The third-order valence-electron chi connectivity index (χ3n) is 6.65. The molecule has 0 atom stereocenters. The van der Waals surface area contributed by atoms with Gasteiger partial charge in [-0.25, -0.2) is 0 Å². The summed E-state index contributed by atoms with van der Waals surface area (Å²) in [5.74, 6) is 0.354. The van der Waals surface area contributed by atoms with Crippen LogP contribution in [0.1, 0.15) is 63.4 Å². The second-order valence-electron chi connectivity index (χ2n) is 8.75. The van der Waals surface area contributed by atoms with E-state index in [0.717, 1.165) is 31.7 Å². The lowest BCUT2D eigenvalue weighted by Crippen LogP contribution is -2.48. The van der Waals surface area contributed by atoms with E-state index in [2.05, 4.69) is 29.6 Å². The highest BCUT2D eigenvalue weighted by Crippen LogP contribution is 2.43. The monoisotopic (exact) mass is 385 g/mol. The van der Waals surface area contributed by atoms with E-state index in [1.165, 1.54) is 44.1 Å². The van der Waals surface area contributed by atoms with Crippen LogP contribution in [0.5, 0.6) is 0 Å². The van der Waals surface area contributed by atoms with Gasteiger partial charge in [-0.05, 0) is 37.3 Å². The van der Waals surface area contributed by atoms with Crippen molar-refractivity contribution in [1.82, 2.24) is 10.2 Å². The van der Waals surface area contributed by atoms with Gasteiger partial charge < -0.3 is 11.1 Å². The molecule has 1 aromatic rings. The van der Waals surface area contributed by atoms with Gasteiger partial charge >= 0.3 is 0 Å². The lowest BCUT2D eigenvalue weighted by Gasteiger charge is -2.42. The number of carbonyl (C=O) groups excluding carboxylic acids is 2. The molecule has 28 heavy (non-hydrogen) atoms. The molecule has 2 fully saturated rings. The van der Waals surface area contributed by atoms with E-state index in [-0.39, 0.29) is 30.3 Å². The molecule has 1 aromatic carbocycles. The summed E-state index contributed by atoms with van der Waals surface area (Å²) in [6.45, 7) is 1.85. The summed E-state index contributed by atoms with van der Waals surface area (Å²) in [4.78, 5) is 26.0. The second-order valence-corrected chi connectivity index (χ2v) is 8.75. The molecule has 0 aromatic heterocycles. The van der Waals surface area contributed by atoms with Crippen LogP contribution in [0.15, 0.2) is 30.3 Å². The van der Waals surface area contributed by atoms with Crippen molar-refractivity contribution in [3.63, 3.8) is 0 Å². The third-order valence-corrected chi connectivity index (χ3v) is 6.65. The van der Waals surface area contributed by atoms with E-state index in [0.29, 0.717) is 6.54 Å². The summed E-state index contributed by atoms with van der Waals surface area (Å²) < 4.78 is 0. The van der Waals surface area contributed by atoms with Gasteiger partial charge in [-0.3, -0.25) is 14.5 Å². The van der Waals surface area contributed by atoms with Crippen LogP contribution in [0.3, 0.4) is 0 Å². The molecule has 154 valence electrons. The maximum Gasteiger partial charge on any atom is 0.234 e. The first-order valence-corrected chi connectivity index (χ1v) is 10.9. The molecule has 5 heteroatoms. The van der Waals surface area contributed by atoms with E-state index in [1.54, 1.807) is 0 Å². The van der Waals surface area contributed by atoms with Crippen molar-refractivity contribution in [2.75, 3.05) is 26.2 Å². The number of benzene rings is 1. The predicted molar refractivity (Wildman–Crippen MR) is 112 cm³/mol. The van der Waals surface area contributed by atoms with Gasteiger partial charge in [-0.15, -0.1) is 0 Å². The Hall–Kier alpha value is -1.88. The number of hydrogen-bond donors (Lipinski definition) is 2. The Morgan fingerprint density at radius 1 is 1.04 bits per heavy atom. The average molecular weight is 386 g/mol. The molecule has 0 heterocycles. The van der Waals surface area contributed by atoms with Crippen molar-refractivity contribution >= 4 is 11.8 Å². The predicted octanol–water partition coefficient (Wildman–Crippen LogP) is 2.98. The first kappa shape index (κ1) is 20.8. The number of rotatable bonds is 10. The molecule has 0 saturated heterocycles. The lowest BCUT2D eigenvalue weighted by atomic mass is 9.64. The largest absolute Gasteiger partial charge is 0.369 e. The minimum Gasteiger partial charge on any atom is -0.369 e. The maximum atomic E-state index is 12.6. The fourth-order valence-electron chi connectivity index (χ4n) is 4.76. The fraction of sp³-hybridized carbons (Fsp3) is 0.652. The number of nitrogens with two attached hydrogens (primary N) is 1. The minimum atomic E-state index is -0.365. The van der Waals surface area contributed by atoms with Crippen molar-refractivity contribution in [2.24, 2.45) is 11.7 Å². The zero-order valence-corrected chi connectivity index (χ0v) is 17.0. The lowest BCUT2D eigenvalue weighted by molar-refractivity contribution is -0.124.